The summed E-state index contributed by atoms with van der Waals surface area (Å²) < 4.78 is 87.4. The zero-order chi connectivity index (χ0) is 29.9. The molecule has 0 aromatic rings. The predicted molar refractivity (Wildman–Crippen MR) is 172 cm³/mol. The van der Waals surface area contributed by atoms with E-state index in [0.717, 1.165) is 0 Å². The Kier molecular flexibility index (Phi) is 18.6. The highest BCUT2D eigenvalue weighted by Crippen LogP contribution is 2.40. The fourth-order valence-corrected chi connectivity index (χ4v) is 7.59. The predicted octanol–water partition coefficient (Wildman–Crippen LogP) is 2.08. The van der Waals surface area contributed by atoms with E-state index in [2.05, 4.69) is 75.7 Å². The van der Waals surface area contributed by atoms with Crippen LogP contribution in [0, 0.1) is 0 Å². The van der Waals surface area contributed by atoms with Gasteiger partial charge in [0.15, 0.2) is 27.1 Å². The minimum Gasteiger partial charge on any atom is -0.493 e. The van der Waals surface area contributed by atoms with E-state index in [0.29, 0.717) is 0 Å². The fraction of sp³-hybridized carbons (Fsp3) is 0.889. The number of rotatable bonds is 16. The molecule has 0 N–H and O–H groups in total. The summed E-state index contributed by atoms with van der Waals surface area (Å²) >= 11 is 0. The molecule has 0 amide bonds. The van der Waals surface area contributed by atoms with Crippen molar-refractivity contribution < 1.29 is 64.4 Å². The van der Waals surface area contributed by atoms with Gasteiger partial charge in [0.05, 0.1) is 26.1 Å². The maximum Gasteiger partial charge on any atom is 0.187 e. The molecule has 14 nitrogen and oxygen atoms in total. The largest absolute Gasteiger partial charge is 0.493 e. The van der Waals surface area contributed by atoms with E-state index in [1.54, 1.807) is 6.08 Å². The Bertz CT molecular complexity index is 810. The average Bonchev–Trinajstić information content (AvgIpc) is 2.98. The van der Waals surface area contributed by atoms with Crippen LogP contribution in [0.4, 0.5) is 0 Å². The second-order valence-electron chi connectivity index (χ2n) is 8.89. The van der Waals surface area contributed by atoms with E-state index in [4.69, 9.17) is 59.9 Å². The molecule has 3 rings (SSSR count). The number of ether oxygens (including phenoxy) is 5. The van der Waals surface area contributed by atoms with E-state index in [9.17, 15) is 4.57 Å². The second-order valence-corrected chi connectivity index (χ2v) is 12.1. The van der Waals surface area contributed by atoms with Crippen LogP contribution in [0.5, 0.6) is 0 Å². The topological polar surface area (TPSA) is 137 Å². The lowest BCUT2D eigenvalue weighted by molar-refractivity contribution is -0.341. The molecule has 0 radical (unpaired) electrons. The van der Waals surface area contributed by atoms with Crippen molar-refractivity contribution >= 4 is 84.2 Å². The summed E-state index contributed by atoms with van der Waals surface area (Å²) in [5, 5.41) is 0. The van der Waals surface area contributed by atoms with Crippen LogP contribution in [0.25, 0.3) is 0 Å². The van der Waals surface area contributed by atoms with Gasteiger partial charge in [-0.15, -0.1) is 0 Å². The van der Waals surface area contributed by atoms with Crippen molar-refractivity contribution in [2.24, 2.45) is 0 Å². The van der Waals surface area contributed by atoms with Gasteiger partial charge in [-0.25, -0.2) is 0 Å². The van der Waals surface area contributed by atoms with Gasteiger partial charge in [0.1, 0.15) is 60.6 Å². The Morgan fingerprint density at radius 1 is 0.585 bits per heavy atom. The molecule has 2 saturated heterocycles. The van der Waals surface area contributed by atoms with Crippen LogP contribution in [-0.4, -0.2) is 99.1 Å². The first-order valence-electron chi connectivity index (χ1n) is 12.0. The maximum atomic E-state index is 12.4. The summed E-state index contributed by atoms with van der Waals surface area (Å²) in [5.74, 6) is 0. The first-order chi connectivity index (χ1) is 20.0. The zero-order valence-electron chi connectivity index (χ0n) is 21.6. The molecule has 21 atom stereocenters. The van der Waals surface area contributed by atoms with Crippen molar-refractivity contribution in [2.45, 2.75) is 79.3 Å². The molecule has 0 aromatic heterocycles. The third kappa shape index (κ3) is 9.58. The lowest BCUT2D eigenvalue weighted by Gasteiger charge is -2.49. The van der Waals surface area contributed by atoms with Crippen molar-refractivity contribution in [1.82, 2.24) is 0 Å². The summed E-state index contributed by atoms with van der Waals surface area (Å²) in [4.78, 5) is 0. The average molecular weight is 756 g/mol. The van der Waals surface area contributed by atoms with E-state index < -0.39 is 79.3 Å². The molecule has 2 fully saturated rings. The third-order valence-corrected chi connectivity index (χ3v) is 9.62. The van der Waals surface area contributed by atoms with Crippen LogP contribution < -0.4 is 0 Å². The molecule has 238 valence electrons. The van der Waals surface area contributed by atoms with Crippen molar-refractivity contribution in [2.75, 3.05) is 19.8 Å². The lowest BCUT2D eigenvalue weighted by Crippen LogP contribution is -2.65. The van der Waals surface area contributed by atoms with E-state index in [-0.39, 0.29) is 28.3 Å². The Morgan fingerprint density at radius 3 is 1.66 bits per heavy atom. The molecular formula is C18H37O14P9. The van der Waals surface area contributed by atoms with E-state index in [1.807, 2.05) is 0 Å². The van der Waals surface area contributed by atoms with Crippen LogP contribution in [0.2, 0.25) is 0 Å². The quantitative estimate of drug-likeness (QED) is 0.213. The van der Waals surface area contributed by atoms with Gasteiger partial charge in [0, 0.05) is 75.7 Å². The van der Waals surface area contributed by atoms with Gasteiger partial charge in [-0.1, -0.05) is 0 Å². The van der Waals surface area contributed by atoms with Gasteiger partial charge < -0.3 is 59.9 Å². The van der Waals surface area contributed by atoms with Crippen LogP contribution in [0.1, 0.15) is 0 Å². The summed E-state index contributed by atoms with van der Waals surface area (Å²) in [7, 11) is 17.2. The SMILES string of the molecule is O=PC1[C@H](O[C@H]2C(COP)O[C@@H](O[C@@H]3C(OP)C=COC3COP)C(OP)[C@H]2OP)OC(COP)[C@H](OP)[C@@H]1OP. The first-order valence-corrected chi connectivity index (χ1v) is 16.6. The molecule has 3 aliphatic rings. The Balaban J connectivity index is 1.89. The van der Waals surface area contributed by atoms with Gasteiger partial charge in [0.2, 0.25) is 0 Å². The molecule has 0 bridgehead atoms. The van der Waals surface area contributed by atoms with Crippen LogP contribution >= 0.6 is 84.2 Å². The Hall–Kier alpha value is 2.60. The van der Waals surface area contributed by atoms with Gasteiger partial charge in [-0.05, 0) is 6.08 Å². The van der Waals surface area contributed by atoms with Gasteiger partial charge in [-0.3, -0.25) is 4.57 Å². The number of hydrogen-bond donors (Lipinski definition) is 0. The monoisotopic (exact) mass is 756 g/mol. The van der Waals surface area contributed by atoms with Crippen LogP contribution in [0.15, 0.2) is 12.3 Å². The van der Waals surface area contributed by atoms with Crippen LogP contribution in [0.3, 0.4) is 0 Å². The maximum absolute atomic E-state index is 12.4. The molecule has 14 unspecified atom stereocenters. The highest BCUT2D eigenvalue weighted by Gasteiger charge is 2.54. The lowest BCUT2D eigenvalue weighted by atomic mass is 9.97. The normalized spacial score (nSPS) is 41.4. The zero-order valence-corrected chi connectivity index (χ0v) is 31.7. The Morgan fingerprint density at radius 2 is 1.12 bits per heavy atom. The van der Waals surface area contributed by atoms with Crippen molar-refractivity contribution in [3.8, 4) is 0 Å². The van der Waals surface area contributed by atoms with Gasteiger partial charge in [0.25, 0.3) is 0 Å². The molecular weight excluding hydrogens is 719 g/mol. The van der Waals surface area contributed by atoms with Crippen molar-refractivity contribution in [3.63, 3.8) is 0 Å². The standard InChI is InChI=1S/C18H37O14P9/c19-41-16-14(31-39)12(29-37)9(5-23-35)25-18(16)27-11-8(4-22-34)24-17(15(32-40)13(11)30-38)26-10-6(28-36)1-2-20-7(10)3-21-33/h1-2,6-18H,3-5,33-40H2/t6?,7?,8?,9?,10-,11+,12+,13+,14+,15?,16?,17+,18+/m1/s1. The highest BCUT2D eigenvalue weighted by molar-refractivity contribution is 7.25. The molecule has 0 aromatic carbocycles. The van der Waals surface area contributed by atoms with Crippen LogP contribution in [-0.2, 0) is 64.4 Å². The summed E-state index contributed by atoms with van der Waals surface area (Å²) in [6.45, 7) is 0.384. The third-order valence-electron chi connectivity index (χ3n) is 6.69. The molecule has 41 heavy (non-hydrogen) atoms. The van der Waals surface area contributed by atoms with Gasteiger partial charge >= 0.3 is 0 Å². The molecule has 0 saturated carbocycles. The fourth-order valence-electron chi connectivity index (χ4n) is 4.79. The minimum absolute atomic E-state index is 0.0531. The molecule has 3 aliphatic heterocycles. The molecule has 3 heterocycles. The summed E-state index contributed by atoms with van der Waals surface area (Å²) in [6.07, 6.45) is -5.66. The Labute approximate surface area is 259 Å². The molecule has 0 aliphatic carbocycles. The molecule has 0 spiro atoms. The van der Waals surface area contributed by atoms with Crippen molar-refractivity contribution in [3.05, 3.63) is 12.3 Å². The van der Waals surface area contributed by atoms with E-state index >= 15 is 0 Å². The van der Waals surface area contributed by atoms with Gasteiger partial charge in [-0.2, -0.15) is 0 Å². The smallest absolute Gasteiger partial charge is 0.187 e. The minimum atomic E-state index is -1.05. The van der Waals surface area contributed by atoms with Crippen molar-refractivity contribution in [1.29, 1.82) is 0 Å². The molecule has 23 heteroatoms. The summed E-state index contributed by atoms with van der Waals surface area (Å²) in [5.41, 5.74) is -0.787. The summed E-state index contributed by atoms with van der Waals surface area (Å²) in [6, 6.07) is 0. The highest BCUT2D eigenvalue weighted by atomic mass is 31.1. The van der Waals surface area contributed by atoms with E-state index in [1.165, 1.54) is 6.26 Å². The number of hydrogen-bond acceptors (Lipinski definition) is 14. The first kappa shape index (κ1) is 38.1. The second kappa shape index (κ2) is 20.1.